The van der Waals surface area contributed by atoms with Crippen LogP contribution in [0.2, 0.25) is 0 Å². The SMILES string of the molecule is CCOc1ccccc1C(=O)NNC(=O)c1ccc(OCCC(C)C)cc1. The molecule has 144 valence electrons. The maximum atomic E-state index is 12.3. The molecule has 0 aliphatic rings. The van der Waals surface area contributed by atoms with Crippen molar-refractivity contribution in [2.45, 2.75) is 27.2 Å². The minimum atomic E-state index is -0.443. The smallest absolute Gasteiger partial charge is 0.273 e. The van der Waals surface area contributed by atoms with E-state index in [4.69, 9.17) is 9.47 Å². The maximum absolute atomic E-state index is 12.3. The molecule has 2 N–H and O–H groups in total. The van der Waals surface area contributed by atoms with E-state index >= 15 is 0 Å². The van der Waals surface area contributed by atoms with Gasteiger partial charge in [-0.05, 0) is 55.7 Å². The van der Waals surface area contributed by atoms with E-state index in [9.17, 15) is 9.59 Å². The van der Waals surface area contributed by atoms with E-state index in [2.05, 4.69) is 24.7 Å². The number of hydrogen-bond acceptors (Lipinski definition) is 4. The lowest BCUT2D eigenvalue weighted by molar-refractivity contribution is 0.0844. The van der Waals surface area contributed by atoms with Crippen LogP contribution in [0.15, 0.2) is 48.5 Å². The Labute approximate surface area is 159 Å². The van der Waals surface area contributed by atoms with Crippen molar-refractivity contribution in [1.29, 1.82) is 0 Å². The van der Waals surface area contributed by atoms with Gasteiger partial charge >= 0.3 is 0 Å². The van der Waals surface area contributed by atoms with Gasteiger partial charge in [0.2, 0.25) is 0 Å². The number of nitrogens with one attached hydrogen (secondary N) is 2. The van der Waals surface area contributed by atoms with Crippen molar-refractivity contribution in [3.63, 3.8) is 0 Å². The number of hydrazine groups is 1. The molecule has 6 heteroatoms. The van der Waals surface area contributed by atoms with E-state index in [0.29, 0.717) is 41.8 Å². The van der Waals surface area contributed by atoms with Crippen LogP contribution in [-0.2, 0) is 0 Å². The van der Waals surface area contributed by atoms with Crippen molar-refractivity contribution < 1.29 is 19.1 Å². The Bertz CT molecular complexity index is 757. The second-order valence-corrected chi connectivity index (χ2v) is 6.39. The zero-order valence-corrected chi connectivity index (χ0v) is 16.0. The van der Waals surface area contributed by atoms with Crippen molar-refractivity contribution >= 4 is 11.8 Å². The number of carbonyl (C=O) groups excluding carboxylic acids is 2. The summed E-state index contributed by atoms with van der Waals surface area (Å²) in [6.45, 7) is 7.20. The normalized spacial score (nSPS) is 10.4. The van der Waals surface area contributed by atoms with Crippen LogP contribution in [0, 0.1) is 5.92 Å². The summed E-state index contributed by atoms with van der Waals surface area (Å²) in [5.74, 6) is 0.898. The Balaban J connectivity index is 1.89. The summed E-state index contributed by atoms with van der Waals surface area (Å²) in [5.41, 5.74) is 5.59. The van der Waals surface area contributed by atoms with Crippen LogP contribution in [0.25, 0.3) is 0 Å². The predicted molar refractivity (Wildman–Crippen MR) is 104 cm³/mol. The summed E-state index contributed by atoms with van der Waals surface area (Å²) in [4.78, 5) is 24.5. The predicted octanol–water partition coefficient (Wildman–Crippen LogP) is 3.59. The van der Waals surface area contributed by atoms with E-state index in [0.717, 1.165) is 6.42 Å². The third-order valence-corrected chi connectivity index (χ3v) is 3.80. The largest absolute Gasteiger partial charge is 0.494 e. The van der Waals surface area contributed by atoms with E-state index in [1.165, 1.54) is 0 Å². The zero-order chi connectivity index (χ0) is 19.6. The standard InChI is InChI=1S/C21H26N2O4/c1-4-26-19-8-6-5-7-18(19)21(25)23-22-20(24)16-9-11-17(12-10-16)27-14-13-15(2)3/h5-12,15H,4,13-14H2,1-3H3,(H,22,24)(H,23,25). The van der Waals surface area contributed by atoms with Gasteiger partial charge in [0.15, 0.2) is 0 Å². The molecule has 0 fully saturated rings. The third-order valence-electron chi connectivity index (χ3n) is 3.80. The van der Waals surface area contributed by atoms with Crippen LogP contribution in [-0.4, -0.2) is 25.0 Å². The highest BCUT2D eigenvalue weighted by Crippen LogP contribution is 2.17. The summed E-state index contributed by atoms with van der Waals surface area (Å²) >= 11 is 0. The fraction of sp³-hybridized carbons (Fsp3) is 0.333. The lowest BCUT2D eigenvalue weighted by Gasteiger charge is -2.11. The fourth-order valence-corrected chi connectivity index (χ4v) is 2.30. The molecule has 0 unspecified atom stereocenters. The van der Waals surface area contributed by atoms with Gasteiger partial charge in [-0.15, -0.1) is 0 Å². The minimum Gasteiger partial charge on any atom is -0.494 e. The first kappa shape index (κ1) is 20.3. The fourth-order valence-electron chi connectivity index (χ4n) is 2.30. The van der Waals surface area contributed by atoms with Crippen molar-refractivity contribution in [3.8, 4) is 11.5 Å². The number of para-hydroxylation sites is 1. The molecule has 2 aromatic carbocycles. The number of hydrogen-bond donors (Lipinski definition) is 2. The van der Waals surface area contributed by atoms with Crippen molar-refractivity contribution in [2.75, 3.05) is 13.2 Å². The lowest BCUT2D eigenvalue weighted by atomic mass is 10.1. The van der Waals surface area contributed by atoms with Crippen LogP contribution in [0.5, 0.6) is 11.5 Å². The van der Waals surface area contributed by atoms with Crippen LogP contribution in [0.3, 0.4) is 0 Å². The maximum Gasteiger partial charge on any atom is 0.273 e. The van der Waals surface area contributed by atoms with Gasteiger partial charge in [0.05, 0.1) is 18.8 Å². The number of amides is 2. The Morgan fingerprint density at radius 3 is 2.26 bits per heavy atom. The summed E-state index contributed by atoms with van der Waals surface area (Å²) in [6.07, 6.45) is 0.970. The van der Waals surface area contributed by atoms with Crippen molar-refractivity contribution in [2.24, 2.45) is 5.92 Å². The molecule has 27 heavy (non-hydrogen) atoms. The first-order valence-corrected chi connectivity index (χ1v) is 9.06. The second kappa shape index (κ2) is 10.2. The van der Waals surface area contributed by atoms with E-state index in [-0.39, 0.29) is 0 Å². The van der Waals surface area contributed by atoms with Crippen molar-refractivity contribution in [1.82, 2.24) is 10.9 Å². The van der Waals surface area contributed by atoms with Gasteiger partial charge in [0, 0.05) is 5.56 Å². The molecule has 0 aliphatic heterocycles. The van der Waals surface area contributed by atoms with Gasteiger partial charge < -0.3 is 9.47 Å². The van der Waals surface area contributed by atoms with Crippen LogP contribution < -0.4 is 20.3 Å². The quantitative estimate of drug-likeness (QED) is 0.696. The third kappa shape index (κ3) is 6.33. The first-order chi connectivity index (χ1) is 13.0. The number of rotatable bonds is 8. The van der Waals surface area contributed by atoms with Crippen molar-refractivity contribution in [3.05, 3.63) is 59.7 Å². The Morgan fingerprint density at radius 2 is 1.59 bits per heavy atom. The highest BCUT2D eigenvalue weighted by atomic mass is 16.5. The summed E-state index contributed by atoms with van der Waals surface area (Å²) in [6, 6.07) is 13.6. The van der Waals surface area contributed by atoms with Crippen LogP contribution in [0.1, 0.15) is 47.9 Å². The molecule has 0 atom stereocenters. The molecule has 0 spiro atoms. The topological polar surface area (TPSA) is 76.7 Å². The van der Waals surface area contributed by atoms with E-state index < -0.39 is 11.8 Å². The van der Waals surface area contributed by atoms with Crippen LogP contribution >= 0.6 is 0 Å². The molecule has 0 aromatic heterocycles. The Hall–Kier alpha value is -3.02. The molecule has 0 saturated heterocycles. The molecular weight excluding hydrogens is 344 g/mol. The molecule has 2 rings (SSSR count). The molecule has 2 amide bonds. The lowest BCUT2D eigenvalue weighted by Crippen LogP contribution is -2.41. The molecule has 0 bridgehead atoms. The highest BCUT2D eigenvalue weighted by molar-refractivity contribution is 6.00. The average Bonchev–Trinajstić information content (AvgIpc) is 2.67. The zero-order valence-electron chi connectivity index (χ0n) is 16.0. The van der Waals surface area contributed by atoms with E-state index in [1.807, 2.05) is 6.92 Å². The number of ether oxygens (including phenoxy) is 2. The van der Waals surface area contributed by atoms with Gasteiger partial charge in [-0.25, -0.2) is 0 Å². The van der Waals surface area contributed by atoms with Gasteiger partial charge in [0.1, 0.15) is 11.5 Å². The van der Waals surface area contributed by atoms with E-state index in [1.54, 1.807) is 48.5 Å². The van der Waals surface area contributed by atoms with Gasteiger partial charge in [-0.2, -0.15) is 0 Å². The number of benzene rings is 2. The molecule has 0 radical (unpaired) electrons. The average molecular weight is 370 g/mol. The minimum absolute atomic E-state index is 0.355. The molecule has 6 nitrogen and oxygen atoms in total. The Kier molecular flexibility index (Phi) is 7.67. The molecular formula is C21H26N2O4. The molecule has 0 aliphatic carbocycles. The van der Waals surface area contributed by atoms with Gasteiger partial charge in [-0.3, -0.25) is 20.4 Å². The van der Waals surface area contributed by atoms with Crippen LogP contribution in [0.4, 0.5) is 0 Å². The summed E-state index contributed by atoms with van der Waals surface area (Å²) in [5, 5.41) is 0. The van der Waals surface area contributed by atoms with Gasteiger partial charge in [-0.1, -0.05) is 26.0 Å². The second-order valence-electron chi connectivity index (χ2n) is 6.39. The Morgan fingerprint density at radius 1 is 0.926 bits per heavy atom. The summed E-state index contributed by atoms with van der Waals surface area (Å²) in [7, 11) is 0. The number of carbonyl (C=O) groups is 2. The monoisotopic (exact) mass is 370 g/mol. The molecule has 0 saturated carbocycles. The van der Waals surface area contributed by atoms with Gasteiger partial charge in [0.25, 0.3) is 11.8 Å². The molecule has 2 aromatic rings. The molecule has 0 heterocycles. The first-order valence-electron chi connectivity index (χ1n) is 9.06. The highest BCUT2D eigenvalue weighted by Gasteiger charge is 2.13. The summed E-state index contributed by atoms with van der Waals surface area (Å²) < 4.78 is 11.1.